The predicted molar refractivity (Wildman–Crippen MR) is 114 cm³/mol. The van der Waals surface area contributed by atoms with Gasteiger partial charge in [0.1, 0.15) is 11.8 Å². The van der Waals surface area contributed by atoms with Gasteiger partial charge in [0.05, 0.1) is 31.0 Å². The molecule has 3 rings (SSSR count). The van der Waals surface area contributed by atoms with Gasteiger partial charge in [0, 0.05) is 22.4 Å². The van der Waals surface area contributed by atoms with Crippen LogP contribution in [0.2, 0.25) is 0 Å². The number of benzene rings is 1. The lowest BCUT2D eigenvalue weighted by atomic mass is 10.0. The van der Waals surface area contributed by atoms with Crippen molar-refractivity contribution in [2.75, 3.05) is 26.2 Å². The number of nitrogens with one attached hydrogen (secondary N) is 1. The fraction of sp³-hybridized carbons (Fsp3) is 0.421. The Morgan fingerprint density at radius 1 is 1.32 bits per heavy atom. The van der Waals surface area contributed by atoms with Gasteiger partial charge in [-0.15, -0.1) is 11.3 Å². The Balaban J connectivity index is 1.93. The van der Waals surface area contributed by atoms with Crippen LogP contribution in [0.5, 0.6) is 5.75 Å². The Hall–Kier alpha value is -2.30. The van der Waals surface area contributed by atoms with Crippen LogP contribution in [0.25, 0.3) is 11.3 Å². The molecule has 31 heavy (non-hydrogen) atoms. The highest BCUT2D eigenvalue weighted by molar-refractivity contribution is 7.53. The van der Waals surface area contributed by atoms with Gasteiger partial charge in [-0.05, 0) is 31.5 Å². The molecule has 0 unspecified atom stereocenters. The van der Waals surface area contributed by atoms with Gasteiger partial charge in [-0.3, -0.25) is 14.2 Å². The summed E-state index contributed by atoms with van der Waals surface area (Å²) in [5.41, 5.74) is 9.16. The first-order valence-electron chi connectivity index (χ1n) is 9.64. The number of hydrogen-bond acceptors (Lipinski definition) is 9. The average Bonchev–Trinajstić information content (AvgIpc) is 3.31. The molecule has 12 heteroatoms. The molecule has 1 aromatic carbocycles. The highest BCUT2D eigenvalue weighted by atomic mass is 32.1. The molecule has 0 aliphatic heterocycles. The molecule has 168 valence electrons. The lowest BCUT2D eigenvalue weighted by molar-refractivity contribution is -0.120. The summed E-state index contributed by atoms with van der Waals surface area (Å²) in [4.78, 5) is 29.5. The quantitative estimate of drug-likeness (QED) is 0.360. The molecule has 1 aliphatic carbocycles. The van der Waals surface area contributed by atoms with Crippen molar-refractivity contribution in [3.63, 3.8) is 0 Å². The van der Waals surface area contributed by atoms with Crippen LogP contribution in [0.1, 0.15) is 34.6 Å². The van der Waals surface area contributed by atoms with Crippen molar-refractivity contribution < 1.29 is 33.0 Å². The monoisotopic (exact) mass is 469 g/mol. The topological polar surface area (TPSA) is 150 Å². The van der Waals surface area contributed by atoms with Crippen molar-refractivity contribution in [1.82, 2.24) is 10.3 Å². The van der Waals surface area contributed by atoms with Crippen LogP contribution < -0.4 is 15.8 Å². The number of nitrogens with zero attached hydrogens (tertiary/aromatic N) is 1. The highest BCUT2D eigenvalue weighted by Gasteiger charge is 2.32. The van der Waals surface area contributed by atoms with E-state index in [-0.39, 0.29) is 19.6 Å². The largest absolute Gasteiger partial charge is 0.480 e. The number of nitrogens with two attached hydrogens (primary N) is 1. The van der Waals surface area contributed by atoms with Crippen molar-refractivity contribution in [2.45, 2.75) is 26.3 Å². The van der Waals surface area contributed by atoms with E-state index in [0.29, 0.717) is 34.6 Å². The number of carbonyl (C=O) groups excluding carboxylic acids is 2. The number of rotatable bonds is 11. The molecule has 1 aromatic heterocycles. The molecule has 1 heterocycles. The van der Waals surface area contributed by atoms with Gasteiger partial charge < -0.3 is 29.9 Å². The van der Waals surface area contributed by atoms with Gasteiger partial charge in [-0.2, -0.15) is 0 Å². The van der Waals surface area contributed by atoms with Gasteiger partial charge in [0.25, 0.3) is 5.91 Å². The third-order valence-electron chi connectivity index (χ3n) is 4.60. The summed E-state index contributed by atoms with van der Waals surface area (Å²) >= 11 is 1.44. The summed E-state index contributed by atoms with van der Waals surface area (Å²) in [5.74, 6) is -0.995. The number of primary amides is 1. The minimum Gasteiger partial charge on any atom is -0.480 e. The van der Waals surface area contributed by atoms with E-state index < -0.39 is 32.1 Å². The summed E-state index contributed by atoms with van der Waals surface area (Å²) in [6.07, 6.45) is 0.157. The first kappa shape index (κ1) is 23.4. The summed E-state index contributed by atoms with van der Waals surface area (Å²) in [6, 6.07) is 1.92. The molecule has 1 aliphatic rings. The Labute approximate surface area is 183 Å². The van der Waals surface area contributed by atoms with Crippen LogP contribution in [0, 0.1) is 0 Å². The van der Waals surface area contributed by atoms with Crippen LogP contribution >= 0.6 is 18.9 Å². The first-order valence-corrected chi connectivity index (χ1v) is 12.2. The van der Waals surface area contributed by atoms with E-state index in [4.69, 9.17) is 19.5 Å². The second-order valence-corrected chi connectivity index (χ2v) is 9.53. The Morgan fingerprint density at radius 3 is 2.65 bits per heavy atom. The fourth-order valence-electron chi connectivity index (χ4n) is 3.26. The zero-order chi connectivity index (χ0) is 22.6. The molecule has 0 spiro atoms. The second kappa shape index (κ2) is 9.88. The summed E-state index contributed by atoms with van der Waals surface area (Å²) in [5, 5.41) is 11.7. The average molecular weight is 469 g/mol. The van der Waals surface area contributed by atoms with Crippen molar-refractivity contribution in [1.29, 1.82) is 0 Å². The van der Waals surface area contributed by atoms with Crippen molar-refractivity contribution in [3.8, 4) is 17.0 Å². The van der Waals surface area contributed by atoms with Gasteiger partial charge in [-0.25, -0.2) is 4.98 Å². The van der Waals surface area contributed by atoms with E-state index in [0.717, 1.165) is 4.88 Å². The highest BCUT2D eigenvalue weighted by Crippen LogP contribution is 2.50. The molecule has 0 radical (unpaired) electrons. The SMILES string of the molecule is CCOP(=O)(COc1ccc(C(=O)N[C@@H](CO)C(N)=O)c2c1-c1ncsc1C2)OCC. The van der Waals surface area contributed by atoms with Crippen LogP contribution in [0.15, 0.2) is 17.6 Å². The predicted octanol–water partition coefficient (Wildman–Crippen LogP) is 1.89. The van der Waals surface area contributed by atoms with Crippen LogP contribution in [-0.4, -0.2) is 54.1 Å². The van der Waals surface area contributed by atoms with E-state index >= 15 is 0 Å². The zero-order valence-electron chi connectivity index (χ0n) is 17.1. The lowest BCUT2D eigenvalue weighted by Crippen LogP contribution is -2.47. The standard InChI is InChI=1S/C19H24N3O7PS/c1-3-28-30(26,29-4-2)10-27-14-6-5-11(19(25)22-13(8-23)18(20)24)12-7-15-17(16(12)14)21-9-31-15/h5-6,9,13,23H,3-4,7-8,10H2,1-2H3,(H2,20,24)(H,22,25)/t13-/m0/s1. The van der Waals surface area contributed by atoms with E-state index in [2.05, 4.69) is 10.3 Å². The summed E-state index contributed by atoms with van der Waals surface area (Å²) in [7, 11) is -3.44. The maximum absolute atomic E-state index is 12.8. The minimum absolute atomic E-state index is 0.208. The normalized spacial score (nSPS) is 13.4. The van der Waals surface area contributed by atoms with E-state index in [1.165, 1.54) is 11.3 Å². The fourth-order valence-corrected chi connectivity index (χ4v) is 5.35. The number of aliphatic hydroxyl groups excluding tert-OH is 1. The van der Waals surface area contributed by atoms with Crippen LogP contribution in [-0.2, 0) is 24.8 Å². The molecular weight excluding hydrogens is 445 g/mol. The minimum atomic E-state index is -3.44. The van der Waals surface area contributed by atoms with Crippen molar-refractivity contribution in [3.05, 3.63) is 33.6 Å². The molecule has 0 saturated heterocycles. The number of hydrogen-bond donors (Lipinski definition) is 3. The lowest BCUT2D eigenvalue weighted by Gasteiger charge is -2.19. The molecular formula is C19H24N3O7PS. The van der Waals surface area contributed by atoms with Gasteiger partial charge in [0.15, 0.2) is 6.35 Å². The van der Waals surface area contributed by atoms with Crippen molar-refractivity contribution >= 4 is 30.7 Å². The number of thiazole rings is 1. The molecule has 2 aromatic rings. The van der Waals surface area contributed by atoms with Crippen LogP contribution in [0.4, 0.5) is 0 Å². The van der Waals surface area contributed by atoms with Gasteiger partial charge in [0.2, 0.25) is 5.91 Å². The molecule has 2 amide bonds. The Kier molecular flexibility index (Phi) is 7.45. The summed E-state index contributed by atoms with van der Waals surface area (Å²) in [6.45, 7) is 3.23. The molecule has 1 atom stereocenters. The van der Waals surface area contributed by atoms with E-state index in [1.54, 1.807) is 31.5 Å². The third-order valence-corrected chi connectivity index (χ3v) is 7.18. The smallest absolute Gasteiger partial charge is 0.367 e. The number of amides is 2. The number of aromatic nitrogens is 1. The van der Waals surface area contributed by atoms with E-state index in [9.17, 15) is 19.3 Å². The Morgan fingerprint density at radius 2 is 2.03 bits per heavy atom. The maximum Gasteiger partial charge on any atom is 0.367 e. The van der Waals surface area contributed by atoms with E-state index in [1.807, 2.05) is 0 Å². The van der Waals surface area contributed by atoms with Crippen molar-refractivity contribution in [2.24, 2.45) is 5.73 Å². The third kappa shape index (κ3) is 4.97. The van der Waals surface area contributed by atoms with Crippen LogP contribution in [0.3, 0.4) is 0 Å². The number of carbonyl (C=O) groups is 2. The van der Waals surface area contributed by atoms with Gasteiger partial charge in [-0.1, -0.05) is 0 Å². The first-order chi connectivity index (χ1) is 14.8. The summed E-state index contributed by atoms with van der Waals surface area (Å²) < 4.78 is 29.1. The molecule has 0 saturated carbocycles. The zero-order valence-corrected chi connectivity index (χ0v) is 18.8. The number of fused-ring (bicyclic) bond motifs is 3. The number of ether oxygens (including phenoxy) is 1. The molecule has 4 N–H and O–H groups in total. The molecule has 0 bridgehead atoms. The molecule has 10 nitrogen and oxygen atoms in total. The Bertz CT molecular complexity index is 1020. The molecule has 0 fully saturated rings. The maximum atomic E-state index is 12.8. The number of aliphatic hydroxyl groups is 1. The second-order valence-electron chi connectivity index (χ2n) is 6.60. The van der Waals surface area contributed by atoms with Gasteiger partial charge >= 0.3 is 7.60 Å².